The highest BCUT2D eigenvalue weighted by Crippen LogP contribution is 2.42. The summed E-state index contributed by atoms with van der Waals surface area (Å²) < 4.78 is 26.5. The molecule has 0 rings (SSSR count). The zero-order valence-corrected chi connectivity index (χ0v) is 29.5. The molecule has 45 heavy (non-hydrogen) atoms. The first-order chi connectivity index (χ1) is 21.8. The molecule has 0 fully saturated rings. The standard InChI is InChI=1S/C35H66NO8P/c1-3-5-7-9-10-11-12-13-14-15-16-17-18-19-20-21-22-24-25-27-34(38)36-29-30-43-45(40,41)44-32-33(37)31-42-35(39)28-26-23-8-6-4-2/h10-11,13-14,33,37H,3-9,12,15-32H2,1-2H3,(H,36,38)(H,40,41)/b11-10-,14-13-. The predicted molar refractivity (Wildman–Crippen MR) is 183 cm³/mol. The number of nitrogens with one attached hydrogen (secondary N) is 1. The Balaban J connectivity index is 3.58. The van der Waals surface area contributed by atoms with Crippen molar-refractivity contribution in [2.24, 2.45) is 0 Å². The van der Waals surface area contributed by atoms with Crippen molar-refractivity contribution in [2.75, 3.05) is 26.4 Å². The van der Waals surface area contributed by atoms with E-state index in [4.69, 9.17) is 13.8 Å². The van der Waals surface area contributed by atoms with Crippen molar-refractivity contribution in [3.8, 4) is 0 Å². The molecule has 1 amide bonds. The van der Waals surface area contributed by atoms with E-state index < -0.39 is 26.5 Å². The molecule has 3 N–H and O–H groups in total. The third-order valence-electron chi connectivity index (χ3n) is 7.38. The Labute approximate surface area is 274 Å². The number of hydrogen-bond donors (Lipinski definition) is 3. The fourth-order valence-electron chi connectivity index (χ4n) is 4.64. The van der Waals surface area contributed by atoms with Gasteiger partial charge in [-0.25, -0.2) is 4.57 Å². The molecule has 0 aliphatic rings. The summed E-state index contributed by atoms with van der Waals surface area (Å²) in [4.78, 5) is 33.4. The molecule has 10 heteroatoms. The van der Waals surface area contributed by atoms with Crippen molar-refractivity contribution in [3.05, 3.63) is 24.3 Å². The van der Waals surface area contributed by atoms with Crippen molar-refractivity contribution in [3.63, 3.8) is 0 Å². The Bertz CT molecular complexity index is 805. The largest absolute Gasteiger partial charge is 0.472 e. The fourth-order valence-corrected chi connectivity index (χ4v) is 5.40. The van der Waals surface area contributed by atoms with Crippen molar-refractivity contribution in [1.82, 2.24) is 5.32 Å². The van der Waals surface area contributed by atoms with Crippen LogP contribution >= 0.6 is 7.82 Å². The molecule has 0 bridgehead atoms. The van der Waals surface area contributed by atoms with Crippen LogP contribution in [0.1, 0.15) is 155 Å². The second kappa shape index (κ2) is 32.4. The summed E-state index contributed by atoms with van der Waals surface area (Å²) in [5.41, 5.74) is 0. The van der Waals surface area contributed by atoms with Gasteiger partial charge in [-0.2, -0.15) is 0 Å². The smallest absolute Gasteiger partial charge is 0.463 e. The highest BCUT2D eigenvalue weighted by molar-refractivity contribution is 7.47. The van der Waals surface area contributed by atoms with Gasteiger partial charge in [0, 0.05) is 19.4 Å². The number of phosphoric ester groups is 1. The minimum absolute atomic E-state index is 0.0805. The van der Waals surface area contributed by atoms with Crippen LogP contribution in [0, 0.1) is 0 Å². The van der Waals surface area contributed by atoms with Crippen LogP contribution in [0.5, 0.6) is 0 Å². The Kier molecular flexibility index (Phi) is 31.3. The first-order valence-electron chi connectivity index (χ1n) is 17.8. The average Bonchev–Trinajstić information content (AvgIpc) is 3.02. The van der Waals surface area contributed by atoms with Gasteiger partial charge in [0.05, 0.1) is 13.2 Å². The number of allylic oxidation sites excluding steroid dienone is 4. The maximum atomic E-state index is 12.0. The number of hydrogen-bond acceptors (Lipinski definition) is 7. The first-order valence-corrected chi connectivity index (χ1v) is 19.3. The lowest BCUT2D eigenvalue weighted by molar-refractivity contribution is -0.147. The molecule has 0 saturated carbocycles. The highest BCUT2D eigenvalue weighted by atomic mass is 31.2. The van der Waals surface area contributed by atoms with Crippen LogP contribution in [0.3, 0.4) is 0 Å². The molecule has 2 unspecified atom stereocenters. The molecule has 0 aromatic rings. The molecule has 9 nitrogen and oxygen atoms in total. The summed E-state index contributed by atoms with van der Waals surface area (Å²) in [5, 5.41) is 12.5. The number of carbonyl (C=O) groups is 2. The Morgan fingerprint density at radius 2 is 1.20 bits per heavy atom. The first kappa shape index (κ1) is 43.5. The summed E-state index contributed by atoms with van der Waals surface area (Å²) >= 11 is 0. The minimum atomic E-state index is -4.40. The van der Waals surface area contributed by atoms with Gasteiger partial charge in [0.1, 0.15) is 12.7 Å². The molecule has 0 aliphatic carbocycles. The van der Waals surface area contributed by atoms with Crippen LogP contribution in [-0.2, 0) is 27.9 Å². The molecule has 0 aromatic heterocycles. The monoisotopic (exact) mass is 659 g/mol. The van der Waals surface area contributed by atoms with Gasteiger partial charge in [0.15, 0.2) is 0 Å². The number of phosphoric acid groups is 1. The number of esters is 1. The van der Waals surface area contributed by atoms with E-state index >= 15 is 0 Å². The van der Waals surface area contributed by atoms with E-state index in [-0.39, 0.29) is 32.1 Å². The topological polar surface area (TPSA) is 131 Å². The van der Waals surface area contributed by atoms with Crippen LogP contribution in [0.2, 0.25) is 0 Å². The Morgan fingerprint density at radius 3 is 1.82 bits per heavy atom. The minimum Gasteiger partial charge on any atom is -0.463 e. The molecule has 0 aromatic carbocycles. The number of aliphatic hydroxyl groups excluding tert-OH is 1. The highest BCUT2D eigenvalue weighted by Gasteiger charge is 2.23. The summed E-state index contributed by atoms with van der Waals surface area (Å²) in [6, 6.07) is 0. The number of unbranched alkanes of at least 4 members (excludes halogenated alkanes) is 16. The van der Waals surface area contributed by atoms with Crippen LogP contribution in [0.4, 0.5) is 0 Å². The van der Waals surface area contributed by atoms with E-state index in [1.807, 2.05) is 0 Å². The molecule has 0 saturated heterocycles. The van der Waals surface area contributed by atoms with Gasteiger partial charge in [-0.1, -0.05) is 122 Å². The average molecular weight is 660 g/mol. The predicted octanol–water partition coefficient (Wildman–Crippen LogP) is 8.87. The normalized spacial score (nSPS) is 13.8. The van der Waals surface area contributed by atoms with Gasteiger partial charge in [0.2, 0.25) is 5.91 Å². The van der Waals surface area contributed by atoms with Crippen LogP contribution < -0.4 is 5.32 Å². The molecular weight excluding hydrogens is 593 g/mol. The second-order valence-electron chi connectivity index (χ2n) is 11.8. The van der Waals surface area contributed by atoms with Crippen molar-refractivity contribution >= 4 is 19.7 Å². The van der Waals surface area contributed by atoms with Gasteiger partial charge >= 0.3 is 13.8 Å². The van der Waals surface area contributed by atoms with Crippen molar-refractivity contribution < 1.29 is 37.9 Å². The van der Waals surface area contributed by atoms with E-state index in [0.717, 1.165) is 57.8 Å². The van der Waals surface area contributed by atoms with Crippen LogP contribution in [0.25, 0.3) is 0 Å². The molecule has 0 radical (unpaired) electrons. The number of amides is 1. The van der Waals surface area contributed by atoms with E-state index in [1.165, 1.54) is 70.6 Å². The maximum Gasteiger partial charge on any atom is 0.472 e. The lowest BCUT2D eigenvalue weighted by Crippen LogP contribution is -2.27. The lowest BCUT2D eigenvalue weighted by Gasteiger charge is -2.15. The van der Waals surface area contributed by atoms with E-state index in [9.17, 15) is 24.2 Å². The summed E-state index contributed by atoms with van der Waals surface area (Å²) in [6.07, 6.45) is 31.5. The Hall–Kier alpha value is -1.51. The number of rotatable bonds is 33. The van der Waals surface area contributed by atoms with Gasteiger partial charge in [-0.15, -0.1) is 0 Å². The van der Waals surface area contributed by atoms with Gasteiger partial charge in [-0.05, 0) is 44.9 Å². The Morgan fingerprint density at radius 1 is 0.689 bits per heavy atom. The molecule has 2 atom stereocenters. The quantitative estimate of drug-likeness (QED) is 0.0276. The van der Waals surface area contributed by atoms with Crippen LogP contribution in [0.15, 0.2) is 24.3 Å². The van der Waals surface area contributed by atoms with Crippen molar-refractivity contribution in [1.29, 1.82) is 0 Å². The third-order valence-corrected chi connectivity index (χ3v) is 8.37. The van der Waals surface area contributed by atoms with E-state index in [1.54, 1.807) is 0 Å². The SMILES string of the molecule is CCCCC/C=C\C/C=C\CCCCCCCCCCCC(=O)NCCOP(=O)(O)OCC(O)COC(=O)CCCCCCC. The number of aliphatic hydroxyl groups is 1. The molecule has 0 aliphatic heterocycles. The molecule has 264 valence electrons. The zero-order chi connectivity index (χ0) is 33.3. The van der Waals surface area contributed by atoms with Gasteiger partial charge in [0.25, 0.3) is 0 Å². The van der Waals surface area contributed by atoms with E-state index in [2.05, 4.69) is 43.5 Å². The van der Waals surface area contributed by atoms with Gasteiger partial charge in [-0.3, -0.25) is 18.6 Å². The van der Waals surface area contributed by atoms with Crippen molar-refractivity contribution in [2.45, 2.75) is 161 Å². The summed E-state index contributed by atoms with van der Waals surface area (Å²) in [5.74, 6) is -0.534. The molecule has 0 spiro atoms. The maximum absolute atomic E-state index is 12.0. The summed E-state index contributed by atoms with van der Waals surface area (Å²) in [6.45, 7) is 3.40. The van der Waals surface area contributed by atoms with E-state index in [0.29, 0.717) is 6.42 Å². The second-order valence-corrected chi connectivity index (χ2v) is 13.3. The molecule has 0 heterocycles. The lowest BCUT2D eigenvalue weighted by atomic mass is 10.1. The summed E-state index contributed by atoms with van der Waals surface area (Å²) in [7, 11) is -4.40. The zero-order valence-electron chi connectivity index (χ0n) is 28.6. The fraction of sp³-hybridized carbons (Fsp3) is 0.829. The number of ether oxygens (including phenoxy) is 1. The van der Waals surface area contributed by atoms with Crippen LogP contribution in [-0.4, -0.2) is 54.3 Å². The van der Waals surface area contributed by atoms with Gasteiger partial charge < -0.3 is 20.1 Å². The number of carbonyl (C=O) groups excluding carboxylic acids is 2. The molecular formula is C35H66NO8P. The third kappa shape index (κ3) is 33.7.